The molecule has 2 rings (SSSR count). The summed E-state index contributed by atoms with van der Waals surface area (Å²) in [6.45, 7) is 0.517. The number of halogens is 2. The molecular weight excluding hydrogens is 351 g/mol. The molecule has 0 saturated carbocycles. The molecule has 5 nitrogen and oxygen atoms in total. The van der Waals surface area contributed by atoms with Crippen LogP contribution in [0.1, 0.15) is 20.7 Å². The van der Waals surface area contributed by atoms with Crippen molar-refractivity contribution in [1.82, 2.24) is 10.6 Å². The van der Waals surface area contributed by atoms with Gasteiger partial charge in [-0.3, -0.25) is 9.59 Å². The van der Waals surface area contributed by atoms with Crippen molar-refractivity contribution in [2.24, 2.45) is 0 Å². The predicted molar refractivity (Wildman–Crippen MR) is 94.1 cm³/mol. The van der Waals surface area contributed by atoms with Gasteiger partial charge in [-0.25, -0.2) is 0 Å². The highest BCUT2D eigenvalue weighted by Crippen LogP contribution is 2.20. The number of rotatable bonds is 6. The van der Waals surface area contributed by atoms with E-state index in [1.54, 1.807) is 36.4 Å². The number of hydrogen-bond donors (Lipinski definition) is 2. The summed E-state index contributed by atoms with van der Waals surface area (Å²) in [5.41, 5.74) is 0.726. The highest BCUT2D eigenvalue weighted by atomic mass is 35.5. The Bertz CT molecular complexity index is 750. The lowest BCUT2D eigenvalue weighted by atomic mass is 10.2. The van der Waals surface area contributed by atoms with E-state index in [1.807, 2.05) is 0 Å². The summed E-state index contributed by atoms with van der Waals surface area (Å²) in [7, 11) is 1.50. The van der Waals surface area contributed by atoms with E-state index in [0.717, 1.165) is 0 Å². The van der Waals surface area contributed by atoms with E-state index in [9.17, 15) is 9.59 Å². The summed E-state index contributed by atoms with van der Waals surface area (Å²) in [5, 5.41) is 6.13. The Morgan fingerprint density at radius 2 is 1.58 bits per heavy atom. The molecule has 24 heavy (non-hydrogen) atoms. The second kappa shape index (κ2) is 8.57. The maximum Gasteiger partial charge on any atom is 0.255 e. The van der Waals surface area contributed by atoms with Crippen molar-refractivity contribution >= 4 is 35.0 Å². The minimum Gasteiger partial charge on any atom is -0.496 e. The van der Waals surface area contributed by atoms with Gasteiger partial charge in [0.2, 0.25) is 0 Å². The largest absolute Gasteiger partial charge is 0.496 e. The van der Waals surface area contributed by atoms with Crippen LogP contribution >= 0.6 is 23.2 Å². The first-order valence-electron chi connectivity index (χ1n) is 7.17. The third-order valence-electron chi connectivity index (χ3n) is 3.22. The molecule has 2 N–H and O–H groups in total. The predicted octanol–water partition coefficient (Wildman–Crippen LogP) is 3.16. The van der Waals surface area contributed by atoms with Crippen LogP contribution in [0.15, 0.2) is 42.5 Å². The molecule has 126 valence electrons. The van der Waals surface area contributed by atoms with Crippen molar-refractivity contribution in [3.63, 3.8) is 0 Å². The average molecular weight is 367 g/mol. The molecule has 2 aromatic rings. The number of ether oxygens (including phenoxy) is 1. The third kappa shape index (κ3) is 4.63. The van der Waals surface area contributed by atoms with E-state index in [-0.39, 0.29) is 24.9 Å². The Morgan fingerprint density at radius 1 is 0.958 bits per heavy atom. The zero-order valence-corrected chi connectivity index (χ0v) is 14.4. The van der Waals surface area contributed by atoms with Crippen LogP contribution < -0.4 is 15.4 Å². The lowest BCUT2D eigenvalue weighted by Gasteiger charge is -2.10. The molecule has 0 fully saturated rings. The quantitative estimate of drug-likeness (QED) is 0.771. The Morgan fingerprint density at radius 3 is 2.25 bits per heavy atom. The van der Waals surface area contributed by atoms with Crippen molar-refractivity contribution in [3.05, 3.63) is 63.6 Å². The first-order chi connectivity index (χ1) is 11.5. The molecular formula is C17H16Cl2N2O3. The first kappa shape index (κ1) is 18.1. The molecule has 0 atom stereocenters. The van der Waals surface area contributed by atoms with Crippen molar-refractivity contribution in [2.75, 3.05) is 20.2 Å². The summed E-state index contributed by atoms with van der Waals surface area (Å²) in [6, 6.07) is 11.6. The molecule has 0 spiro atoms. The second-order valence-electron chi connectivity index (χ2n) is 4.84. The minimum atomic E-state index is -0.353. The minimum absolute atomic E-state index is 0.253. The summed E-state index contributed by atoms with van der Waals surface area (Å²) in [4.78, 5) is 24.1. The SMILES string of the molecule is COc1ccccc1C(=O)NCCNC(=O)c1cc(Cl)ccc1Cl. The number of benzene rings is 2. The molecule has 0 saturated heterocycles. The fourth-order valence-electron chi connectivity index (χ4n) is 2.05. The maximum atomic E-state index is 12.1. The number of carbonyl (C=O) groups is 2. The van der Waals surface area contributed by atoms with Gasteiger partial charge in [-0.1, -0.05) is 35.3 Å². The molecule has 0 unspecified atom stereocenters. The van der Waals surface area contributed by atoms with Crippen molar-refractivity contribution in [3.8, 4) is 5.75 Å². The van der Waals surface area contributed by atoms with Gasteiger partial charge in [0, 0.05) is 18.1 Å². The maximum absolute atomic E-state index is 12.1. The summed E-state index contributed by atoms with van der Waals surface area (Å²) in [6.07, 6.45) is 0. The van der Waals surface area contributed by atoms with Gasteiger partial charge in [0.1, 0.15) is 5.75 Å². The van der Waals surface area contributed by atoms with Gasteiger partial charge in [-0.15, -0.1) is 0 Å². The summed E-state index contributed by atoms with van der Waals surface area (Å²) in [5.74, 6) is -0.138. The summed E-state index contributed by atoms with van der Waals surface area (Å²) < 4.78 is 5.14. The van der Waals surface area contributed by atoms with Crippen LogP contribution in [-0.2, 0) is 0 Å². The fourth-order valence-corrected chi connectivity index (χ4v) is 2.42. The lowest BCUT2D eigenvalue weighted by molar-refractivity contribution is 0.0926. The Hall–Kier alpha value is -2.24. The van der Waals surface area contributed by atoms with Gasteiger partial charge in [0.05, 0.1) is 23.3 Å². The van der Waals surface area contributed by atoms with Gasteiger partial charge >= 0.3 is 0 Å². The van der Waals surface area contributed by atoms with Gasteiger partial charge in [0.15, 0.2) is 0 Å². The van der Waals surface area contributed by atoms with Crippen LogP contribution in [0.5, 0.6) is 5.75 Å². The van der Waals surface area contributed by atoms with E-state index in [4.69, 9.17) is 27.9 Å². The van der Waals surface area contributed by atoms with Crippen LogP contribution in [0, 0.1) is 0 Å². The monoisotopic (exact) mass is 366 g/mol. The van der Waals surface area contributed by atoms with Gasteiger partial charge in [0.25, 0.3) is 11.8 Å². The van der Waals surface area contributed by atoms with E-state index in [1.165, 1.54) is 13.2 Å². The molecule has 0 aromatic heterocycles. The van der Waals surface area contributed by atoms with Crippen molar-refractivity contribution in [1.29, 1.82) is 0 Å². The second-order valence-corrected chi connectivity index (χ2v) is 5.68. The zero-order valence-electron chi connectivity index (χ0n) is 12.9. The standard InChI is InChI=1S/C17H16Cl2N2O3/c1-24-15-5-3-2-4-12(15)16(22)20-8-9-21-17(23)13-10-11(18)6-7-14(13)19/h2-7,10H,8-9H2,1H3,(H,20,22)(H,21,23). The fraction of sp³-hybridized carbons (Fsp3) is 0.176. The normalized spacial score (nSPS) is 10.1. The number of amides is 2. The topological polar surface area (TPSA) is 67.4 Å². The smallest absolute Gasteiger partial charge is 0.255 e. The third-order valence-corrected chi connectivity index (χ3v) is 3.79. The first-order valence-corrected chi connectivity index (χ1v) is 7.93. The molecule has 0 aliphatic rings. The average Bonchev–Trinajstić information content (AvgIpc) is 2.60. The molecule has 2 amide bonds. The Labute approximate surface area is 149 Å². The van der Waals surface area contributed by atoms with Crippen LogP contribution in [0.3, 0.4) is 0 Å². The number of methoxy groups -OCH3 is 1. The zero-order chi connectivity index (χ0) is 17.5. The number of carbonyl (C=O) groups excluding carboxylic acids is 2. The van der Waals surface area contributed by atoms with Gasteiger partial charge in [-0.2, -0.15) is 0 Å². The van der Waals surface area contributed by atoms with E-state index in [2.05, 4.69) is 10.6 Å². The Kier molecular flexibility index (Phi) is 6.46. The lowest BCUT2D eigenvalue weighted by Crippen LogP contribution is -2.34. The molecule has 7 heteroatoms. The number of para-hydroxylation sites is 1. The van der Waals surface area contributed by atoms with Crippen LogP contribution in [-0.4, -0.2) is 32.0 Å². The van der Waals surface area contributed by atoms with Crippen LogP contribution in [0.4, 0.5) is 0 Å². The molecule has 0 bridgehead atoms. The molecule has 0 heterocycles. The van der Waals surface area contributed by atoms with E-state index >= 15 is 0 Å². The van der Waals surface area contributed by atoms with E-state index < -0.39 is 0 Å². The van der Waals surface area contributed by atoms with Gasteiger partial charge < -0.3 is 15.4 Å². The summed E-state index contributed by atoms with van der Waals surface area (Å²) >= 11 is 11.8. The number of hydrogen-bond acceptors (Lipinski definition) is 3. The van der Waals surface area contributed by atoms with Crippen LogP contribution in [0.2, 0.25) is 10.0 Å². The van der Waals surface area contributed by atoms with Gasteiger partial charge in [-0.05, 0) is 30.3 Å². The number of nitrogens with one attached hydrogen (secondary N) is 2. The molecule has 0 aliphatic carbocycles. The molecule has 0 radical (unpaired) electrons. The molecule has 2 aromatic carbocycles. The van der Waals surface area contributed by atoms with Crippen molar-refractivity contribution in [2.45, 2.75) is 0 Å². The molecule has 0 aliphatic heterocycles. The highest BCUT2D eigenvalue weighted by Gasteiger charge is 2.12. The Balaban J connectivity index is 1.85. The van der Waals surface area contributed by atoms with Crippen LogP contribution in [0.25, 0.3) is 0 Å². The highest BCUT2D eigenvalue weighted by molar-refractivity contribution is 6.35. The van der Waals surface area contributed by atoms with Crippen molar-refractivity contribution < 1.29 is 14.3 Å². The van der Waals surface area contributed by atoms with E-state index in [0.29, 0.717) is 26.9 Å².